The molecule has 0 aliphatic carbocycles. The van der Waals surface area contributed by atoms with Crippen LogP contribution in [0.4, 0.5) is 11.4 Å². The van der Waals surface area contributed by atoms with Gasteiger partial charge in [0, 0.05) is 36.9 Å². The normalized spacial score (nSPS) is 15.2. The quantitative estimate of drug-likeness (QED) is 0.288. The topological polar surface area (TPSA) is 28.5 Å². The molecule has 1 aliphatic rings. The molecule has 0 saturated carbocycles. The highest BCUT2D eigenvalue weighted by atomic mass is 35.5. The van der Waals surface area contributed by atoms with Crippen molar-refractivity contribution in [3.63, 3.8) is 0 Å². The molecule has 1 amide bonds. The summed E-state index contributed by atoms with van der Waals surface area (Å²) in [6.07, 6.45) is 1.91. The van der Waals surface area contributed by atoms with Gasteiger partial charge in [-0.2, -0.15) is 0 Å². The number of amides is 1. The Morgan fingerprint density at radius 3 is 2.25 bits per heavy atom. The summed E-state index contributed by atoms with van der Waals surface area (Å²) < 4.78 is 2.62. The Morgan fingerprint density at radius 2 is 1.62 bits per heavy atom. The maximum absolute atomic E-state index is 13.2. The Hall–Kier alpha value is -2.25. The third-order valence-electron chi connectivity index (χ3n) is 5.34. The number of aromatic nitrogens is 1. The van der Waals surface area contributed by atoms with Crippen LogP contribution in [0.5, 0.6) is 0 Å². The molecule has 3 aromatic rings. The van der Waals surface area contributed by atoms with E-state index in [9.17, 15) is 4.79 Å². The van der Waals surface area contributed by atoms with Crippen LogP contribution in [0.3, 0.4) is 0 Å². The van der Waals surface area contributed by atoms with Gasteiger partial charge in [0.15, 0.2) is 4.32 Å². The second-order valence-corrected chi connectivity index (χ2v) is 10.2. The highest BCUT2D eigenvalue weighted by Gasteiger charge is 2.33. The largest absolute Gasteiger partial charge is 0.378 e. The lowest BCUT2D eigenvalue weighted by Crippen LogP contribution is -2.27. The van der Waals surface area contributed by atoms with Gasteiger partial charge in [0.25, 0.3) is 5.91 Å². The van der Waals surface area contributed by atoms with Gasteiger partial charge < -0.3 is 9.47 Å². The first-order valence-corrected chi connectivity index (χ1v) is 11.8. The number of thiocarbonyl (C=S) groups is 1. The third kappa shape index (κ3) is 4.20. The van der Waals surface area contributed by atoms with Gasteiger partial charge in [-0.15, -0.1) is 0 Å². The number of hydrogen-bond donors (Lipinski definition) is 0. The molecule has 4 nitrogen and oxygen atoms in total. The van der Waals surface area contributed by atoms with Crippen molar-refractivity contribution in [3.8, 4) is 5.69 Å². The summed E-state index contributed by atoms with van der Waals surface area (Å²) in [6, 6.07) is 15.4. The lowest BCUT2D eigenvalue weighted by Gasteiger charge is -2.17. The Labute approximate surface area is 207 Å². The van der Waals surface area contributed by atoms with Gasteiger partial charge in [0.2, 0.25) is 0 Å². The van der Waals surface area contributed by atoms with E-state index in [4.69, 9.17) is 35.4 Å². The van der Waals surface area contributed by atoms with Gasteiger partial charge in [-0.05, 0) is 74.0 Å². The molecule has 1 saturated heterocycles. The van der Waals surface area contributed by atoms with E-state index in [0.29, 0.717) is 19.3 Å². The van der Waals surface area contributed by atoms with E-state index in [1.54, 1.807) is 11.0 Å². The molecule has 1 fully saturated rings. The molecule has 2 heterocycles. The molecule has 2 aromatic carbocycles. The number of rotatable bonds is 4. The summed E-state index contributed by atoms with van der Waals surface area (Å²) in [5, 5.41) is 1.01. The Balaban J connectivity index is 1.67. The second-order valence-electron chi connectivity index (χ2n) is 7.69. The molecule has 1 aromatic heterocycles. The highest BCUT2D eigenvalue weighted by Crippen LogP contribution is 2.37. The van der Waals surface area contributed by atoms with Crippen molar-refractivity contribution < 1.29 is 4.79 Å². The second kappa shape index (κ2) is 8.94. The zero-order valence-corrected chi connectivity index (χ0v) is 21.2. The van der Waals surface area contributed by atoms with Crippen molar-refractivity contribution in [1.29, 1.82) is 0 Å². The lowest BCUT2D eigenvalue weighted by molar-refractivity contribution is -0.113. The van der Waals surface area contributed by atoms with Gasteiger partial charge in [-0.25, -0.2) is 0 Å². The summed E-state index contributed by atoms with van der Waals surface area (Å²) in [5.41, 5.74) is 5.73. The number of hydrogen-bond acceptors (Lipinski definition) is 4. The lowest BCUT2D eigenvalue weighted by atomic mass is 10.2. The molecule has 164 valence electrons. The number of nitrogens with zero attached hydrogens (tertiary/aromatic N) is 3. The molecule has 0 spiro atoms. The zero-order chi connectivity index (χ0) is 23.2. The van der Waals surface area contributed by atoms with E-state index in [0.717, 1.165) is 34.0 Å². The number of benzene rings is 2. The first-order valence-electron chi connectivity index (χ1n) is 9.87. The summed E-state index contributed by atoms with van der Waals surface area (Å²) in [7, 11) is 3.96. The smallest absolute Gasteiger partial charge is 0.270 e. The fourth-order valence-electron chi connectivity index (χ4n) is 3.69. The number of thioether (sulfide) groups is 1. The van der Waals surface area contributed by atoms with Crippen LogP contribution in [0.2, 0.25) is 10.0 Å². The summed E-state index contributed by atoms with van der Waals surface area (Å²) in [4.78, 5) is 17.4. The molecule has 0 radical (unpaired) electrons. The van der Waals surface area contributed by atoms with Gasteiger partial charge in [0.05, 0.1) is 20.6 Å². The van der Waals surface area contributed by atoms with E-state index < -0.39 is 0 Å². The molecule has 1 aliphatic heterocycles. The van der Waals surface area contributed by atoms with Crippen molar-refractivity contribution in [2.24, 2.45) is 0 Å². The van der Waals surface area contributed by atoms with Gasteiger partial charge >= 0.3 is 0 Å². The fraction of sp³-hybridized carbons (Fsp3) is 0.167. The van der Waals surface area contributed by atoms with E-state index in [1.165, 1.54) is 11.8 Å². The van der Waals surface area contributed by atoms with Crippen molar-refractivity contribution in [1.82, 2.24) is 4.57 Å². The monoisotopic (exact) mass is 501 g/mol. The summed E-state index contributed by atoms with van der Waals surface area (Å²) in [5.74, 6) is -0.114. The Kier molecular flexibility index (Phi) is 6.41. The number of anilines is 2. The van der Waals surface area contributed by atoms with Crippen LogP contribution in [0.1, 0.15) is 17.0 Å². The average molecular weight is 502 g/mol. The fourth-order valence-corrected chi connectivity index (χ4v) is 5.27. The van der Waals surface area contributed by atoms with Crippen LogP contribution in [0.15, 0.2) is 53.4 Å². The molecule has 8 heteroatoms. The number of aryl methyl sites for hydroxylation is 1. The Morgan fingerprint density at radius 1 is 0.969 bits per heavy atom. The van der Waals surface area contributed by atoms with Crippen molar-refractivity contribution in [3.05, 3.63) is 80.4 Å². The molecule has 0 atom stereocenters. The molecule has 0 bridgehead atoms. The number of carbonyl (C=O) groups excluding carboxylic acids is 1. The maximum Gasteiger partial charge on any atom is 0.270 e. The van der Waals surface area contributed by atoms with Crippen LogP contribution in [-0.2, 0) is 4.79 Å². The Bertz CT molecular complexity index is 1260. The molecule has 0 N–H and O–H groups in total. The SMILES string of the molecule is Cc1cc(/C=C2\SC(=S)N(c3ccc(N(C)C)cc3)C2=O)c(C)n1-c1ccc(Cl)c(Cl)c1. The predicted molar refractivity (Wildman–Crippen MR) is 142 cm³/mol. The van der Waals surface area contributed by atoms with Gasteiger partial charge in [0.1, 0.15) is 0 Å². The standard InChI is InChI=1S/C24H21Cl2N3OS2/c1-14-11-16(15(2)28(14)19-9-10-20(25)21(26)13-19)12-22-23(30)29(24(31)32-22)18-7-5-17(6-8-18)27(3)4/h5-13H,1-4H3/b22-12-. The van der Waals surface area contributed by atoms with E-state index >= 15 is 0 Å². The van der Waals surface area contributed by atoms with Crippen LogP contribution < -0.4 is 9.80 Å². The van der Waals surface area contributed by atoms with E-state index in [-0.39, 0.29) is 5.91 Å². The van der Waals surface area contributed by atoms with Crippen LogP contribution in [0.25, 0.3) is 11.8 Å². The van der Waals surface area contributed by atoms with Gasteiger partial charge in [-0.3, -0.25) is 9.69 Å². The van der Waals surface area contributed by atoms with Crippen molar-refractivity contribution in [2.75, 3.05) is 23.9 Å². The zero-order valence-electron chi connectivity index (χ0n) is 18.0. The molecule has 4 rings (SSSR count). The number of halogens is 2. The van der Waals surface area contributed by atoms with Crippen molar-refractivity contribution in [2.45, 2.75) is 13.8 Å². The maximum atomic E-state index is 13.2. The molecular weight excluding hydrogens is 481 g/mol. The third-order valence-corrected chi connectivity index (χ3v) is 7.38. The van der Waals surface area contributed by atoms with E-state index in [2.05, 4.69) is 10.6 Å². The minimum atomic E-state index is -0.114. The number of carbonyl (C=O) groups is 1. The minimum absolute atomic E-state index is 0.114. The first-order chi connectivity index (χ1) is 15.2. The van der Waals surface area contributed by atoms with Gasteiger partial charge in [-0.1, -0.05) is 47.2 Å². The van der Waals surface area contributed by atoms with E-state index in [1.807, 2.05) is 75.3 Å². The van der Waals surface area contributed by atoms with Crippen LogP contribution in [-0.4, -0.2) is 28.9 Å². The van der Waals surface area contributed by atoms with Crippen LogP contribution in [0, 0.1) is 13.8 Å². The first kappa shape index (κ1) is 22.9. The average Bonchev–Trinajstić information content (AvgIpc) is 3.18. The molecule has 0 unspecified atom stereocenters. The predicted octanol–water partition coefficient (Wildman–Crippen LogP) is 6.87. The highest BCUT2D eigenvalue weighted by molar-refractivity contribution is 8.27. The summed E-state index contributed by atoms with van der Waals surface area (Å²) in [6.45, 7) is 4.03. The van der Waals surface area contributed by atoms with Crippen molar-refractivity contribution >= 4 is 74.9 Å². The summed E-state index contributed by atoms with van der Waals surface area (Å²) >= 11 is 19.1. The van der Waals surface area contributed by atoms with Crippen LogP contribution >= 0.6 is 47.2 Å². The minimum Gasteiger partial charge on any atom is -0.378 e. The molecular formula is C24H21Cl2N3OS2. The molecule has 32 heavy (non-hydrogen) atoms.